The predicted molar refractivity (Wildman–Crippen MR) is 80.4 cm³/mol. The van der Waals surface area contributed by atoms with E-state index in [1.54, 1.807) is 0 Å². The van der Waals surface area contributed by atoms with E-state index in [-0.39, 0.29) is 5.41 Å². The molecule has 5 heteroatoms. The number of aromatic nitrogens is 4. The Morgan fingerprint density at radius 1 is 1.30 bits per heavy atom. The van der Waals surface area contributed by atoms with Crippen molar-refractivity contribution in [2.45, 2.75) is 19.3 Å². The molecule has 0 aliphatic carbocycles. The molecule has 0 bridgehead atoms. The van der Waals surface area contributed by atoms with Crippen LogP contribution in [0.5, 0.6) is 0 Å². The van der Waals surface area contributed by atoms with Crippen LogP contribution in [0.3, 0.4) is 0 Å². The van der Waals surface area contributed by atoms with E-state index in [1.807, 2.05) is 24.1 Å². The van der Waals surface area contributed by atoms with E-state index in [4.69, 9.17) is 5.73 Å². The molecule has 0 spiro atoms. The van der Waals surface area contributed by atoms with Crippen molar-refractivity contribution in [2.75, 3.05) is 6.54 Å². The molecule has 0 atom stereocenters. The number of benzene rings is 1. The van der Waals surface area contributed by atoms with Gasteiger partial charge in [-0.05, 0) is 12.1 Å². The summed E-state index contributed by atoms with van der Waals surface area (Å²) in [6.45, 7) is 4.72. The van der Waals surface area contributed by atoms with E-state index in [2.05, 4.69) is 47.0 Å². The lowest BCUT2D eigenvalue weighted by Gasteiger charge is -2.18. The van der Waals surface area contributed by atoms with Crippen LogP contribution in [0.2, 0.25) is 0 Å². The van der Waals surface area contributed by atoms with E-state index in [0.29, 0.717) is 6.54 Å². The number of nitrogens with zero attached hydrogens (tertiary/aromatic N) is 3. The summed E-state index contributed by atoms with van der Waals surface area (Å²) >= 11 is 0. The largest absolute Gasteiger partial charge is 0.342 e. The molecule has 20 heavy (non-hydrogen) atoms. The Balaban J connectivity index is 2.03. The Kier molecular flexibility index (Phi) is 2.87. The van der Waals surface area contributed by atoms with Gasteiger partial charge in [0.15, 0.2) is 0 Å². The lowest BCUT2D eigenvalue weighted by Crippen LogP contribution is -2.29. The SMILES string of the molecule is Cn1cnc2cc(-c3cnc(C(C)(C)CN)[nH]3)ccc21. The molecule has 1 aromatic carbocycles. The minimum Gasteiger partial charge on any atom is -0.342 e. The fraction of sp³-hybridized carbons (Fsp3) is 0.333. The second kappa shape index (κ2) is 4.45. The van der Waals surface area contributed by atoms with Crippen LogP contribution < -0.4 is 5.73 Å². The van der Waals surface area contributed by atoms with Crippen molar-refractivity contribution >= 4 is 11.0 Å². The molecule has 0 saturated heterocycles. The van der Waals surface area contributed by atoms with Gasteiger partial charge >= 0.3 is 0 Å². The van der Waals surface area contributed by atoms with Crippen molar-refractivity contribution < 1.29 is 0 Å². The molecule has 2 aromatic heterocycles. The number of fused-ring (bicyclic) bond motifs is 1. The molecule has 0 unspecified atom stereocenters. The summed E-state index contributed by atoms with van der Waals surface area (Å²) in [5.74, 6) is 0.913. The standard InChI is InChI=1S/C15H19N5/c1-15(2,8-16)14-17-7-12(19-14)10-4-5-13-11(6-10)18-9-20(13)3/h4-7,9H,8,16H2,1-3H3,(H,17,19). The van der Waals surface area contributed by atoms with Crippen LogP contribution in [0, 0.1) is 0 Å². The number of imidazole rings is 2. The summed E-state index contributed by atoms with van der Waals surface area (Å²) in [5, 5.41) is 0. The highest BCUT2D eigenvalue weighted by Gasteiger charge is 2.22. The van der Waals surface area contributed by atoms with Gasteiger partial charge in [0, 0.05) is 24.6 Å². The van der Waals surface area contributed by atoms with Crippen molar-refractivity contribution in [2.24, 2.45) is 12.8 Å². The summed E-state index contributed by atoms with van der Waals surface area (Å²) in [6.07, 6.45) is 3.68. The highest BCUT2D eigenvalue weighted by Crippen LogP contribution is 2.25. The van der Waals surface area contributed by atoms with E-state index in [9.17, 15) is 0 Å². The van der Waals surface area contributed by atoms with Crippen molar-refractivity contribution in [1.82, 2.24) is 19.5 Å². The Hall–Kier alpha value is -2.14. The second-order valence-electron chi connectivity index (χ2n) is 5.79. The normalized spacial score (nSPS) is 12.2. The lowest BCUT2D eigenvalue weighted by molar-refractivity contribution is 0.508. The first-order valence-corrected chi connectivity index (χ1v) is 6.68. The topological polar surface area (TPSA) is 72.5 Å². The van der Waals surface area contributed by atoms with Gasteiger partial charge in [0.1, 0.15) is 5.82 Å². The summed E-state index contributed by atoms with van der Waals surface area (Å²) in [6, 6.07) is 6.23. The summed E-state index contributed by atoms with van der Waals surface area (Å²) < 4.78 is 2.01. The molecule has 0 aliphatic heterocycles. The molecule has 3 rings (SSSR count). The van der Waals surface area contributed by atoms with E-state index < -0.39 is 0 Å². The monoisotopic (exact) mass is 269 g/mol. The number of aryl methyl sites for hydroxylation is 1. The number of nitrogens with one attached hydrogen (secondary N) is 1. The Morgan fingerprint density at radius 2 is 2.10 bits per heavy atom. The van der Waals surface area contributed by atoms with E-state index >= 15 is 0 Å². The third-order valence-corrected chi connectivity index (χ3v) is 3.76. The number of hydrogen-bond donors (Lipinski definition) is 2. The summed E-state index contributed by atoms with van der Waals surface area (Å²) in [4.78, 5) is 12.2. The first-order valence-electron chi connectivity index (χ1n) is 6.68. The third-order valence-electron chi connectivity index (χ3n) is 3.76. The van der Waals surface area contributed by atoms with Gasteiger partial charge < -0.3 is 15.3 Å². The lowest BCUT2D eigenvalue weighted by atomic mass is 9.93. The molecule has 0 saturated carbocycles. The third kappa shape index (κ3) is 2.00. The van der Waals surface area contributed by atoms with Crippen LogP contribution in [-0.4, -0.2) is 26.1 Å². The highest BCUT2D eigenvalue weighted by molar-refractivity contribution is 5.81. The van der Waals surface area contributed by atoms with E-state index in [1.165, 1.54) is 0 Å². The van der Waals surface area contributed by atoms with Crippen molar-refractivity contribution in [1.29, 1.82) is 0 Å². The fourth-order valence-corrected chi connectivity index (χ4v) is 2.21. The smallest absolute Gasteiger partial charge is 0.113 e. The van der Waals surface area contributed by atoms with Gasteiger partial charge in [0.2, 0.25) is 0 Å². The molecule has 3 N–H and O–H groups in total. The molecule has 0 fully saturated rings. The molecule has 2 heterocycles. The average Bonchev–Trinajstić information content (AvgIpc) is 3.06. The maximum atomic E-state index is 5.79. The molecular weight excluding hydrogens is 250 g/mol. The maximum Gasteiger partial charge on any atom is 0.113 e. The van der Waals surface area contributed by atoms with Crippen LogP contribution in [0.15, 0.2) is 30.7 Å². The van der Waals surface area contributed by atoms with Crippen LogP contribution in [0.25, 0.3) is 22.3 Å². The summed E-state index contributed by atoms with van der Waals surface area (Å²) in [5.41, 5.74) is 9.83. The van der Waals surface area contributed by atoms with Gasteiger partial charge in [-0.2, -0.15) is 0 Å². The van der Waals surface area contributed by atoms with Gasteiger partial charge in [0.25, 0.3) is 0 Å². The van der Waals surface area contributed by atoms with Gasteiger partial charge in [-0.15, -0.1) is 0 Å². The molecular formula is C15H19N5. The summed E-state index contributed by atoms with van der Waals surface area (Å²) in [7, 11) is 1.99. The number of hydrogen-bond acceptors (Lipinski definition) is 3. The average molecular weight is 269 g/mol. The van der Waals surface area contributed by atoms with Gasteiger partial charge in [-0.3, -0.25) is 0 Å². The van der Waals surface area contributed by atoms with Crippen molar-refractivity contribution in [3.63, 3.8) is 0 Å². The molecule has 5 nitrogen and oxygen atoms in total. The highest BCUT2D eigenvalue weighted by atomic mass is 15.0. The predicted octanol–water partition coefficient (Wildman–Crippen LogP) is 2.20. The number of nitrogens with two attached hydrogens (primary N) is 1. The Labute approximate surface area is 117 Å². The van der Waals surface area contributed by atoms with Crippen LogP contribution in [0.1, 0.15) is 19.7 Å². The zero-order valence-electron chi connectivity index (χ0n) is 12.0. The van der Waals surface area contributed by atoms with Crippen molar-refractivity contribution in [3.8, 4) is 11.3 Å². The fourth-order valence-electron chi connectivity index (χ4n) is 2.21. The molecule has 3 aromatic rings. The Bertz CT molecular complexity index is 751. The zero-order chi connectivity index (χ0) is 14.3. The van der Waals surface area contributed by atoms with Gasteiger partial charge in [-0.25, -0.2) is 9.97 Å². The number of rotatable bonds is 3. The van der Waals surface area contributed by atoms with Crippen LogP contribution in [0.4, 0.5) is 0 Å². The second-order valence-corrected chi connectivity index (χ2v) is 5.79. The first-order chi connectivity index (χ1) is 9.51. The number of aromatic amines is 1. The van der Waals surface area contributed by atoms with Crippen LogP contribution >= 0.6 is 0 Å². The minimum absolute atomic E-state index is 0.145. The quantitative estimate of drug-likeness (QED) is 0.765. The minimum atomic E-state index is -0.145. The number of H-pyrrole nitrogens is 1. The van der Waals surface area contributed by atoms with Crippen LogP contribution in [-0.2, 0) is 12.5 Å². The van der Waals surface area contributed by atoms with Crippen molar-refractivity contribution in [3.05, 3.63) is 36.5 Å². The van der Waals surface area contributed by atoms with E-state index in [0.717, 1.165) is 28.1 Å². The Morgan fingerprint density at radius 3 is 2.85 bits per heavy atom. The maximum absolute atomic E-state index is 5.79. The zero-order valence-corrected chi connectivity index (χ0v) is 12.0. The van der Waals surface area contributed by atoms with Gasteiger partial charge in [-0.1, -0.05) is 19.9 Å². The first kappa shape index (κ1) is 12.9. The molecule has 104 valence electrons. The van der Waals surface area contributed by atoms with Gasteiger partial charge in [0.05, 0.1) is 29.3 Å². The molecule has 0 radical (unpaired) electrons. The molecule has 0 amide bonds. The molecule has 0 aliphatic rings.